The molecule has 1 aromatic carbocycles. The first-order valence-electron chi connectivity index (χ1n) is 7.98. The van der Waals surface area contributed by atoms with Crippen molar-refractivity contribution < 1.29 is 9.72 Å². The number of rotatable bonds is 6. The molecule has 0 aliphatic rings. The number of pyridine rings is 2. The number of nitrogen functional groups attached to an aromatic ring is 1. The van der Waals surface area contributed by atoms with Crippen molar-refractivity contribution in [3.05, 3.63) is 82.3 Å². The van der Waals surface area contributed by atoms with Gasteiger partial charge in [0.15, 0.2) is 0 Å². The van der Waals surface area contributed by atoms with E-state index in [1.165, 1.54) is 12.1 Å². The molecule has 1 amide bonds. The van der Waals surface area contributed by atoms with E-state index in [0.717, 1.165) is 17.4 Å². The number of carbonyl (C=O) groups is 1. The number of benzene rings is 1. The Kier molecular flexibility index (Phi) is 5.22. The summed E-state index contributed by atoms with van der Waals surface area (Å²) in [7, 11) is 0. The highest BCUT2D eigenvalue weighted by Crippen LogP contribution is 2.17. The highest BCUT2D eigenvalue weighted by Gasteiger charge is 2.11. The van der Waals surface area contributed by atoms with Gasteiger partial charge in [0.2, 0.25) is 0 Å². The summed E-state index contributed by atoms with van der Waals surface area (Å²) in [5, 5.41) is 16.5. The van der Waals surface area contributed by atoms with Crippen molar-refractivity contribution >= 4 is 28.8 Å². The Morgan fingerprint density at radius 2 is 2.00 bits per heavy atom. The van der Waals surface area contributed by atoms with Gasteiger partial charge in [-0.2, -0.15) is 0 Å². The third-order valence-corrected chi connectivity index (χ3v) is 3.70. The van der Waals surface area contributed by atoms with Crippen LogP contribution >= 0.6 is 0 Å². The van der Waals surface area contributed by atoms with Crippen LogP contribution in [0.5, 0.6) is 0 Å². The molecule has 136 valence electrons. The van der Waals surface area contributed by atoms with E-state index in [1.807, 2.05) is 24.3 Å². The number of hydrogen-bond donors (Lipinski definition) is 3. The van der Waals surface area contributed by atoms with E-state index >= 15 is 0 Å². The van der Waals surface area contributed by atoms with Crippen molar-refractivity contribution in [3.63, 3.8) is 0 Å². The summed E-state index contributed by atoms with van der Waals surface area (Å²) < 4.78 is 0. The second-order valence-electron chi connectivity index (χ2n) is 5.60. The summed E-state index contributed by atoms with van der Waals surface area (Å²) in [6.07, 6.45) is 2.66. The Labute approximate surface area is 154 Å². The van der Waals surface area contributed by atoms with Crippen LogP contribution in [0.25, 0.3) is 0 Å². The Bertz CT molecular complexity index is 975. The van der Waals surface area contributed by atoms with Crippen LogP contribution in [0, 0.1) is 10.1 Å². The van der Waals surface area contributed by atoms with E-state index in [0.29, 0.717) is 18.1 Å². The van der Waals surface area contributed by atoms with Gasteiger partial charge in [0.05, 0.1) is 10.6 Å². The van der Waals surface area contributed by atoms with Crippen LogP contribution in [0.3, 0.4) is 0 Å². The van der Waals surface area contributed by atoms with E-state index in [9.17, 15) is 14.9 Å². The van der Waals surface area contributed by atoms with Crippen LogP contribution < -0.4 is 16.4 Å². The molecule has 3 rings (SSSR count). The van der Waals surface area contributed by atoms with Crippen molar-refractivity contribution in [2.45, 2.75) is 6.54 Å². The normalized spacial score (nSPS) is 10.2. The van der Waals surface area contributed by atoms with Crippen molar-refractivity contribution in [3.8, 4) is 0 Å². The highest BCUT2D eigenvalue weighted by molar-refractivity contribution is 6.02. The molecule has 0 spiro atoms. The molecule has 2 heterocycles. The molecule has 4 N–H and O–H groups in total. The number of amides is 1. The fourth-order valence-electron chi connectivity index (χ4n) is 2.35. The zero-order chi connectivity index (χ0) is 19.2. The fraction of sp³-hybridized carbons (Fsp3) is 0.0556. The molecular weight excluding hydrogens is 348 g/mol. The highest BCUT2D eigenvalue weighted by atomic mass is 16.6. The number of nitrogens with one attached hydrogen (secondary N) is 2. The molecule has 0 saturated heterocycles. The Morgan fingerprint density at radius 1 is 1.15 bits per heavy atom. The molecule has 9 heteroatoms. The third-order valence-electron chi connectivity index (χ3n) is 3.70. The minimum Gasteiger partial charge on any atom is -0.382 e. The van der Waals surface area contributed by atoms with Crippen LogP contribution in [0.2, 0.25) is 0 Å². The van der Waals surface area contributed by atoms with Gasteiger partial charge in [-0.3, -0.25) is 14.9 Å². The number of nitrogens with two attached hydrogens (primary N) is 1. The van der Waals surface area contributed by atoms with E-state index < -0.39 is 10.8 Å². The summed E-state index contributed by atoms with van der Waals surface area (Å²) in [5.41, 5.74) is 7.94. The van der Waals surface area contributed by atoms with E-state index in [-0.39, 0.29) is 11.4 Å². The first kappa shape index (κ1) is 17.8. The van der Waals surface area contributed by atoms with Crippen LogP contribution in [-0.4, -0.2) is 20.8 Å². The molecule has 0 aliphatic carbocycles. The summed E-state index contributed by atoms with van der Waals surface area (Å²) in [4.78, 5) is 30.1. The topological polar surface area (TPSA) is 136 Å². The van der Waals surface area contributed by atoms with Crippen molar-refractivity contribution in [2.75, 3.05) is 16.4 Å². The maximum atomic E-state index is 12.2. The molecule has 0 bridgehead atoms. The van der Waals surface area contributed by atoms with Crippen LogP contribution in [-0.2, 0) is 6.54 Å². The number of aromatic nitrogens is 2. The standard InChI is InChI=1S/C18H16N6O3/c19-17-15(5-2-8-20-17)21-10-12-3-1-4-13(9-12)23-18(25)16-7-6-14(11-22-16)24(26)27/h1-9,11,21H,10H2,(H2,19,20)(H,23,25). The van der Waals surface area contributed by atoms with Gasteiger partial charge in [-0.1, -0.05) is 12.1 Å². The number of carbonyl (C=O) groups excluding carboxylic acids is 1. The first-order valence-corrected chi connectivity index (χ1v) is 7.98. The molecule has 0 aliphatic heterocycles. The molecule has 9 nitrogen and oxygen atoms in total. The lowest BCUT2D eigenvalue weighted by Crippen LogP contribution is -2.14. The molecule has 2 aromatic heterocycles. The van der Waals surface area contributed by atoms with Crippen molar-refractivity contribution in [2.24, 2.45) is 0 Å². The maximum absolute atomic E-state index is 12.2. The van der Waals surface area contributed by atoms with Gasteiger partial charge >= 0.3 is 0 Å². The average molecular weight is 364 g/mol. The Hall–Kier alpha value is -4.01. The summed E-state index contributed by atoms with van der Waals surface area (Å²) in [6, 6.07) is 13.4. The monoisotopic (exact) mass is 364 g/mol. The minimum atomic E-state index is -0.569. The smallest absolute Gasteiger partial charge is 0.287 e. The Morgan fingerprint density at radius 3 is 2.70 bits per heavy atom. The average Bonchev–Trinajstić information content (AvgIpc) is 2.68. The maximum Gasteiger partial charge on any atom is 0.287 e. The molecule has 3 aromatic rings. The predicted octanol–water partition coefficient (Wildman–Crippen LogP) is 2.83. The first-order chi connectivity index (χ1) is 13.0. The fourth-order valence-corrected chi connectivity index (χ4v) is 2.35. The third kappa shape index (κ3) is 4.54. The van der Waals surface area contributed by atoms with Crippen LogP contribution in [0.4, 0.5) is 22.9 Å². The summed E-state index contributed by atoms with van der Waals surface area (Å²) in [6.45, 7) is 0.495. The van der Waals surface area contributed by atoms with Crippen LogP contribution in [0.1, 0.15) is 16.1 Å². The largest absolute Gasteiger partial charge is 0.382 e. The second kappa shape index (κ2) is 7.91. The van der Waals surface area contributed by atoms with Gasteiger partial charge in [-0.15, -0.1) is 0 Å². The van der Waals surface area contributed by atoms with Crippen molar-refractivity contribution in [1.82, 2.24) is 9.97 Å². The molecule has 0 radical (unpaired) electrons. The lowest BCUT2D eigenvalue weighted by atomic mass is 10.2. The van der Waals surface area contributed by atoms with Gasteiger partial charge in [-0.05, 0) is 35.9 Å². The molecule has 27 heavy (non-hydrogen) atoms. The predicted molar refractivity (Wildman–Crippen MR) is 101 cm³/mol. The zero-order valence-electron chi connectivity index (χ0n) is 14.1. The van der Waals surface area contributed by atoms with E-state index in [2.05, 4.69) is 20.6 Å². The molecule has 0 atom stereocenters. The number of hydrogen-bond acceptors (Lipinski definition) is 7. The SMILES string of the molecule is Nc1ncccc1NCc1cccc(NC(=O)c2ccc([N+](=O)[O-])cn2)c1. The van der Waals surface area contributed by atoms with E-state index in [1.54, 1.807) is 18.3 Å². The number of nitro groups is 1. The zero-order valence-corrected chi connectivity index (χ0v) is 14.1. The molecule has 0 fully saturated rings. The van der Waals surface area contributed by atoms with E-state index in [4.69, 9.17) is 5.73 Å². The van der Waals surface area contributed by atoms with Gasteiger partial charge in [0, 0.05) is 24.5 Å². The van der Waals surface area contributed by atoms with Gasteiger partial charge in [0.25, 0.3) is 11.6 Å². The van der Waals surface area contributed by atoms with Gasteiger partial charge < -0.3 is 16.4 Å². The summed E-state index contributed by atoms with van der Waals surface area (Å²) in [5.74, 6) is -0.0438. The minimum absolute atomic E-state index is 0.0901. The molecular formula is C18H16N6O3. The quantitative estimate of drug-likeness (QED) is 0.452. The Balaban J connectivity index is 1.65. The number of nitrogens with zero attached hydrogens (tertiary/aromatic N) is 3. The molecule has 0 unspecified atom stereocenters. The van der Waals surface area contributed by atoms with Crippen LogP contribution in [0.15, 0.2) is 60.9 Å². The second-order valence-corrected chi connectivity index (χ2v) is 5.60. The lowest BCUT2D eigenvalue weighted by Gasteiger charge is -2.10. The summed E-state index contributed by atoms with van der Waals surface area (Å²) >= 11 is 0. The van der Waals surface area contributed by atoms with Gasteiger partial charge in [-0.25, -0.2) is 9.97 Å². The molecule has 0 saturated carbocycles. The van der Waals surface area contributed by atoms with Crippen molar-refractivity contribution in [1.29, 1.82) is 0 Å². The number of anilines is 3. The lowest BCUT2D eigenvalue weighted by molar-refractivity contribution is -0.385. The van der Waals surface area contributed by atoms with Gasteiger partial charge in [0.1, 0.15) is 17.7 Å².